The van der Waals surface area contributed by atoms with Crippen LogP contribution in [0, 0.1) is 5.92 Å². The van der Waals surface area contributed by atoms with E-state index in [9.17, 15) is 9.90 Å². The Labute approximate surface area is 135 Å². The van der Waals surface area contributed by atoms with Crippen LogP contribution in [0.4, 0.5) is 0 Å². The van der Waals surface area contributed by atoms with Crippen LogP contribution in [0.5, 0.6) is 0 Å². The molecule has 1 aliphatic rings. The lowest BCUT2D eigenvalue weighted by molar-refractivity contribution is -0.121. The molecule has 0 heterocycles. The van der Waals surface area contributed by atoms with Gasteiger partial charge in [-0.3, -0.25) is 4.79 Å². The van der Waals surface area contributed by atoms with Crippen LogP contribution in [0.2, 0.25) is 5.02 Å². The van der Waals surface area contributed by atoms with Crippen LogP contribution in [-0.4, -0.2) is 28.9 Å². The second kappa shape index (κ2) is 7.52. The number of benzene rings is 1. The van der Waals surface area contributed by atoms with E-state index in [0.29, 0.717) is 16.7 Å². The lowest BCUT2D eigenvalue weighted by Crippen LogP contribution is -2.54. The van der Waals surface area contributed by atoms with Gasteiger partial charge in [0.2, 0.25) is 5.91 Å². The largest absolute Gasteiger partial charge is 0.394 e. The second-order valence-corrected chi connectivity index (χ2v) is 7.33. The third kappa shape index (κ3) is 4.63. The minimum atomic E-state index is -0.435. The molecule has 21 heavy (non-hydrogen) atoms. The Kier molecular flexibility index (Phi) is 5.97. The summed E-state index contributed by atoms with van der Waals surface area (Å²) in [6.45, 7) is 2.19. The van der Waals surface area contributed by atoms with Crippen LogP contribution in [0.3, 0.4) is 0 Å². The first-order valence-corrected chi connectivity index (χ1v) is 8.70. The number of rotatable bonds is 5. The summed E-state index contributed by atoms with van der Waals surface area (Å²) in [6, 6.07) is 7.51. The highest BCUT2D eigenvalue weighted by Gasteiger charge is 2.35. The summed E-state index contributed by atoms with van der Waals surface area (Å²) in [5.74, 6) is 0.824. The molecule has 2 rings (SSSR count). The molecule has 116 valence electrons. The molecule has 1 saturated carbocycles. The zero-order chi connectivity index (χ0) is 15.3. The van der Waals surface area contributed by atoms with Gasteiger partial charge in [-0.15, -0.1) is 11.8 Å². The highest BCUT2D eigenvalue weighted by Crippen LogP contribution is 2.32. The lowest BCUT2D eigenvalue weighted by Gasteiger charge is -2.39. The normalized spacial score (nSPS) is 25.6. The summed E-state index contributed by atoms with van der Waals surface area (Å²) in [7, 11) is 0. The Morgan fingerprint density at radius 2 is 2.29 bits per heavy atom. The molecule has 2 unspecified atom stereocenters. The fraction of sp³-hybridized carbons (Fsp3) is 0.562. The van der Waals surface area contributed by atoms with Crippen molar-refractivity contribution in [2.24, 2.45) is 5.92 Å². The van der Waals surface area contributed by atoms with Crippen LogP contribution in [0.25, 0.3) is 0 Å². The van der Waals surface area contributed by atoms with Gasteiger partial charge in [0.25, 0.3) is 0 Å². The molecule has 1 aliphatic carbocycles. The Morgan fingerprint density at radius 3 is 2.95 bits per heavy atom. The summed E-state index contributed by atoms with van der Waals surface area (Å²) in [5, 5.41) is 13.4. The second-order valence-electron chi connectivity index (χ2n) is 5.91. The number of aliphatic hydroxyl groups is 1. The number of carbonyl (C=O) groups excluding carboxylic acids is 1. The van der Waals surface area contributed by atoms with Crippen LogP contribution >= 0.6 is 23.4 Å². The van der Waals surface area contributed by atoms with Gasteiger partial charge in [0.1, 0.15) is 0 Å². The summed E-state index contributed by atoms with van der Waals surface area (Å²) < 4.78 is 0. The van der Waals surface area contributed by atoms with E-state index in [2.05, 4.69) is 12.2 Å². The minimum Gasteiger partial charge on any atom is -0.394 e. The van der Waals surface area contributed by atoms with E-state index >= 15 is 0 Å². The summed E-state index contributed by atoms with van der Waals surface area (Å²) in [5.41, 5.74) is -0.435. The Balaban J connectivity index is 1.90. The van der Waals surface area contributed by atoms with Gasteiger partial charge in [-0.25, -0.2) is 0 Å². The molecule has 1 fully saturated rings. The third-order valence-electron chi connectivity index (χ3n) is 3.99. The lowest BCUT2D eigenvalue weighted by atomic mass is 9.77. The molecule has 0 saturated heterocycles. The number of hydrogen-bond acceptors (Lipinski definition) is 3. The first-order chi connectivity index (χ1) is 10.0. The molecule has 0 aromatic heterocycles. The van der Waals surface area contributed by atoms with Crippen molar-refractivity contribution in [1.29, 1.82) is 0 Å². The molecule has 2 atom stereocenters. The molecular weight excluding hydrogens is 306 g/mol. The molecular formula is C16H22ClNO2S. The number of carbonyl (C=O) groups is 1. The van der Waals surface area contributed by atoms with E-state index in [4.69, 9.17) is 11.6 Å². The molecule has 5 heteroatoms. The van der Waals surface area contributed by atoms with Gasteiger partial charge in [-0.05, 0) is 30.9 Å². The van der Waals surface area contributed by atoms with Crippen LogP contribution in [0.1, 0.15) is 32.6 Å². The molecule has 1 aromatic carbocycles. The average molecular weight is 328 g/mol. The molecule has 1 aromatic rings. The quantitative estimate of drug-likeness (QED) is 0.814. The Morgan fingerprint density at radius 1 is 1.52 bits per heavy atom. The Hall–Kier alpha value is -0.710. The monoisotopic (exact) mass is 327 g/mol. The van der Waals surface area contributed by atoms with E-state index in [1.165, 1.54) is 18.2 Å². The molecule has 3 nitrogen and oxygen atoms in total. The predicted molar refractivity (Wildman–Crippen MR) is 87.8 cm³/mol. The van der Waals surface area contributed by atoms with Crippen molar-refractivity contribution in [3.63, 3.8) is 0 Å². The molecule has 0 bridgehead atoms. The first kappa shape index (κ1) is 16.7. The highest BCUT2D eigenvalue weighted by atomic mass is 35.5. The number of halogens is 1. The van der Waals surface area contributed by atoms with Gasteiger partial charge < -0.3 is 10.4 Å². The van der Waals surface area contributed by atoms with Gasteiger partial charge in [-0.1, -0.05) is 43.5 Å². The maximum Gasteiger partial charge on any atom is 0.230 e. The maximum atomic E-state index is 12.2. The van der Waals surface area contributed by atoms with Crippen molar-refractivity contribution in [1.82, 2.24) is 5.32 Å². The van der Waals surface area contributed by atoms with Gasteiger partial charge in [-0.2, -0.15) is 0 Å². The van der Waals surface area contributed by atoms with Gasteiger partial charge >= 0.3 is 0 Å². The van der Waals surface area contributed by atoms with E-state index in [-0.39, 0.29) is 12.5 Å². The fourth-order valence-electron chi connectivity index (χ4n) is 2.99. The summed E-state index contributed by atoms with van der Waals surface area (Å²) >= 11 is 7.51. The fourth-order valence-corrected chi connectivity index (χ4v) is 4.03. The topological polar surface area (TPSA) is 49.3 Å². The zero-order valence-corrected chi connectivity index (χ0v) is 13.8. The van der Waals surface area contributed by atoms with E-state index < -0.39 is 5.54 Å². The molecule has 1 amide bonds. The number of hydrogen-bond donors (Lipinski definition) is 2. The standard InChI is InChI=1S/C16H22ClNO2S/c1-12-5-4-8-16(9-12,11-19)18-15(20)10-21-14-7-3-2-6-13(14)17/h2-3,6-7,12,19H,4-5,8-11H2,1H3,(H,18,20). The van der Waals surface area contributed by atoms with Crippen molar-refractivity contribution in [3.05, 3.63) is 29.3 Å². The molecule has 0 spiro atoms. The summed E-state index contributed by atoms with van der Waals surface area (Å²) in [4.78, 5) is 13.1. The number of amides is 1. The van der Waals surface area contributed by atoms with Gasteiger partial charge in [0, 0.05) is 4.90 Å². The van der Waals surface area contributed by atoms with Gasteiger partial charge in [0.15, 0.2) is 0 Å². The number of aliphatic hydroxyl groups excluding tert-OH is 1. The van der Waals surface area contributed by atoms with Crippen LogP contribution in [0.15, 0.2) is 29.2 Å². The van der Waals surface area contributed by atoms with Crippen molar-refractivity contribution in [2.45, 2.75) is 43.0 Å². The van der Waals surface area contributed by atoms with Crippen molar-refractivity contribution in [3.8, 4) is 0 Å². The summed E-state index contributed by atoms with van der Waals surface area (Å²) in [6.07, 6.45) is 3.94. The number of thioether (sulfide) groups is 1. The maximum absolute atomic E-state index is 12.2. The molecule has 0 radical (unpaired) electrons. The average Bonchev–Trinajstić information content (AvgIpc) is 2.46. The predicted octanol–water partition coefficient (Wildman–Crippen LogP) is 3.49. The highest BCUT2D eigenvalue weighted by molar-refractivity contribution is 8.00. The number of nitrogens with one attached hydrogen (secondary N) is 1. The molecule has 0 aliphatic heterocycles. The van der Waals surface area contributed by atoms with Gasteiger partial charge in [0.05, 0.1) is 22.9 Å². The van der Waals surface area contributed by atoms with Crippen LogP contribution < -0.4 is 5.32 Å². The SMILES string of the molecule is CC1CCCC(CO)(NC(=O)CSc2ccccc2Cl)C1. The van der Waals surface area contributed by atoms with Crippen molar-refractivity contribution >= 4 is 29.3 Å². The smallest absolute Gasteiger partial charge is 0.230 e. The van der Waals surface area contributed by atoms with Crippen molar-refractivity contribution in [2.75, 3.05) is 12.4 Å². The first-order valence-electron chi connectivity index (χ1n) is 7.34. The molecule has 2 N–H and O–H groups in total. The Bertz CT molecular complexity index is 497. The van der Waals surface area contributed by atoms with E-state index in [0.717, 1.165) is 24.2 Å². The zero-order valence-electron chi connectivity index (χ0n) is 12.3. The third-order valence-corrected chi connectivity index (χ3v) is 5.51. The minimum absolute atomic E-state index is 0.0137. The van der Waals surface area contributed by atoms with Crippen molar-refractivity contribution < 1.29 is 9.90 Å². The van der Waals surface area contributed by atoms with E-state index in [1.807, 2.05) is 24.3 Å². The van der Waals surface area contributed by atoms with Crippen LogP contribution in [-0.2, 0) is 4.79 Å². The van der Waals surface area contributed by atoms with E-state index in [1.54, 1.807) is 0 Å².